The number of rotatable bonds is 6. The fraction of sp³-hybridized carbons (Fsp3) is 0.136. The summed E-state index contributed by atoms with van der Waals surface area (Å²) in [4.78, 5) is 12.6. The van der Waals surface area contributed by atoms with Crippen LogP contribution in [0.3, 0.4) is 0 Å². The molecule has 0 saturated heterocycles. The maximum absolute atomic E-state index is 12.8. The Bertz CT molecular complexity index is 1110. The topological polar surface area (TPSA) is 75.3 Å². The van der Waals surface area contributed by atoms with E-state index in [1.165, 1.54) is 12.1 Å². The third kappa shape index (κ3) is 4.58. The number of benzene rings is 3. The number of carbonyl (C=O) groups is 1. The van der Waals surface area contributed by atoms with Crippen molar-refractivity contribution in [3.63, 3.8) is 0 Å². The minimum Gasteiger partial charge on any atom is -0.322 e. The van der Waals surface area contributed by atoms with E-state index in [2.05, 4.69) is 10.0 Å². The highest BCUT2D eigenvalue weighted by molar-refractivity contribution is 7.92. The summed E-state index contributed by atoms with van der Waals surface area (Å²) in [7, 11) is -3.81. The molecule has 0 atom stereocenters. The van der Waals surface area contributed by atoms with E-state index in [4.69, 9.17) is 0 Å². The number of para-hydroxylation sites is 1. The maximum Gasteiger partial charge on any atom is 0.261 e. The van der Waals surface area contributed by atoms with E-state index >= 15 is 0 Å². The molecule has 0 aromatic heterocycles. The Morgan fingerprint density at radius 3 is 2.43 bits per heavy atom. The molecule has 0 unspecified atom stereocenters. The largest absolute Gasteiger partial charge is 0.322 e. The minimum absolute atomic E-state index is 0.0373. The SMILES string of the molecule is CCc1ccccc1NS(=O)(=O)c1cccc(C(=O)Nc2cccc(C)c2)c1. The molecule has 0 fully saturated rings. The van der Waals surface area contributed by atoms with Crippen molar-refractivity contribution in [3.8, 4) is 0 Å². The van der Waals surface area contributed by atoms with E-state index in [1.54, 1.807) is 30.3 Å². The molecule has 0 aliphatic carbocycles. The molecule has 3 rings (SSSR count). The van der Waals surface area contributed by atoms with E-state index in [0.29, 0.717) is 17.8 Å². The standard InChI is InChI=1S/C22H22N2O3S/c1-3-17-9-4-5-13-21(17)24-28(26,27)20-12-7-10-18(15-20)22(25)23-19-11-6-8-16(2)14-19/h4-15,24H,3H2,1-2H3,(H,23,25). The van der Waals surface area contributed by atoms with Crippen molar-refractivity contribution in [2.24, 2.45) is 0 Å². The second kappa shape index (κ2) is 8.27. The molecule has 5 nitrogen and oxygen atoms in total. The molecule has 28 heavy (non-hydrogen) atoms. The molecule has 3 aromatic rings. The second-order valence-corrected chi connectivity index (χ2v) is 8.15. The van der Waals surface area contributed by atoms with Crippen molar-refractivity contribution < 1.29 is 13.2 Å². The van der Waals surface area contributed by atoms with E-state index in [9.17, 15) is 13.2 Å². The zero-order valence-electron chi connectivity index (χ0n) is 15.8. The van der Waals surface area contributed by atoms with Gasteiger partial charge in [-0.1, -0.05) is 43.3 Å². The molecule has 0 bridgehead atoms. The van der Waals surface area contributed by atoms with E-state index in [-0.39, 0.29) is 16.4 Å². The lowest BCUT2D eigenvalue weighted by Gasteiger charge is -2.12. The molecule has 3 aromatic carbocycles. The molecule has 0 aliphatic heterocycles. The summed E-state index contributed by atoms with van der Waals surface area (Å²) in [6, 6.07) is 20.7. The van der Waals surface area contributed by atoms with Crippen LogP contribution in [0.2, 0.25) is 0 Å². The predicted molar refractivity (Wildman–Crippen MR) is 112 cm³/mol. The summed E-state index contributed by atoms with van der Waals surface area (Å²) >= 11 is 0. The smallest absolute Gasteiger partial charge is 0.261 e. The Morgan fingerprint density at radius 2 is 1.68 bits per heavy atom. The molecule has 6 heteroatoms. The quantitative estimate of drug-likeness (QED) is 0.641. The summed E-state index contributed by atoms with van der Waals surface area (Å²) in [6.45, 7) is 3.89. The highest BCUT2D eigenvalue weighted by Crippen LogP contribution is 2.21. The lowest BCUT2D eigenvalue weighted by molar-refractivity contribution is 0.102. The van der Waals surface area contributed by atoms with Crippen molar-refractivity contribution >= 4 is 27.3 Å². The fourth-order valence-corrected chi connectivity index (χ4v) is 4.01. The van der Waals surface area contributed by atoms with Crippen molar-refractivity contribution in [2.45, 2.75) is 25.2 Å². The first-order chi connectivity index (χ1) is 13.4. The summed E-state index contributed by atoms with van der Waals surface area (Å²) in [6.07, 6.45) is 0.706. The van der Waals surface area contributed by atoms with Gasteiger partial charge in [0.25, 0.3) is 15.9 Å². The maximum atomic E-state index is 12.8. The molecular formula is C22H22N2O3S. The van der Waals surface area contributed by atoms with Gasteiger partial charge in [-0.2, -0.15) is 0 Å². The first kappa shape index (κ1) is 19.6. The van der Waals surface area contributed by atoms with Gasteiger partial charge in [0.1, 0.15) is 0 Å². The Labute approximate surface area is 165 Å². The van der Waals surface area contributed by atoms with Crippen LogP contribution in [-0.2, 0) is 16.4 Å². The summed E-state index contributed by atoms with van der Waals surface area (Å²) in [5, 5.41) is 2.79. The molecule has 1 amide bonds. The summed E-state index contributed by atoms with van der Waals surface area (Å²) in [5.41, 5.74) is 3.40. The van der Waals surface area contributed by atoms with Gasteiger partial charge in [0.2, 0.25) is 0 Å². The highest BCUT2D eigenvalue weighted by Gasteiger charge is 2.17. The van der Waals surface area contributed by atoms with E-state index in [1.807, 2.05) is 44.2 Å². The normalized spacial score (nSPS) is 11.1. The van der Waals surface area contributed by atoms with Crippen LogP contribution in [0, 0.1) is 6.92 Å². The van der Waals surface area contributed by atoms with Crippen molar-refractivity contribution in [2.75, 3.05) is 10.0 Å². The van der Waals surface area contributed by atoms with Crippen molar-refractivity contribution in [3.05, 3.63) is 89.5 Å². The number of nitrogens with one attached hydrogen (secondary N) is 2. The lowest BCUT2D eigenvalue weighted by Crippen LogP contribution is -2.16. The van der Waals surface area contributed by atoms with Gasteiger partial charge in [0.05, 0.1) is 10.6 Å². The lowest BCUT2D eigenvalue weighted by atomic mass is 10.1. The van der Waals surface area contributed by atoms with Gasteiger partial charge in [-0.05, 0) is 60.9 Å². The summed E-state index contributed by atoms with van der Waals surface area (Å²) in [5.74, 6) is -0.364. The number of hydrogen-bond donors (Lipinski definition) is 2. The molecule has 0 radical (unpaired) electrons. The van der Waals surface area contributed by atoms with Crippen LogP contribution in [0.1, 0.15) is 28.4 Å². The average Bonchev–Trinajstić information content (AvgIpc) is 2.68. The van der Waals surface area contributed by atoms with Gasteiger partial charge in [-0.3, -0.25) is 9.52 Å². The first-order valence-corrected chi connectivity index (χ1v) is 10.5. The average molecular weight is 394 g/mol. The Hall–Kier alpha value is -3.12. The first-order valence-electron chi connectivity index (χ1n) is 8.98. The van der Waals surface area contributed by atoms with Crippen LogP contribution >= 0.6 is 0 Å². The predicted octanol–water partition coefficient (Wildman–Crippen LogP) is 4.61. The monoisotopic (exact) mass is 394 g/mol. The molecular weight excluding hydrogens is 372 g/mol. The van der Waals surface area contributed by atoms with Crippen LogP contribution in [-0.4, -0.2) is 14.3 Å². The number of hydrogen-bond acceptors (Lipinski definition) is 3. The van der Waals surface area contributed by atoms with Gasteiger partial charge < -0.3 is 5.32 Å². The molecule has 2 N–H and O–H groups in total. The van der Waals surface area contributed by atoms with Gasteiger partial charge in [0, 0.05) is 11.3 Å². The minimum atomic E-state index is -3.81. The number of carbonyl (C=O) groups excluding carboxylic acids is 1. The van der Waals surface area contributed by atoms with Gasteiger partial charge >= 0.3 is 0 Å². The van der Waals surface area contributed by atoms with E-state index < -0.39 is 10.0 Å². The molecule has 0 saturated carbocycles. The third-order valence-corrected chi connectivity index (χ3v) is 5.69. The second-order valence-electron chi connectivity index (χ2n) is 6.47. The number of anilines is 2. The van der Waals surface area contributed by atoms with Crippen LogP contribution < -0.4 is 10.0 Å². The molecule has 144 valence electrons. The summed E-state index contributed by atoms with van der Waals surface area (Å²) < 4.78 is 28.2. The van der Waals surface area contributed by atoms with Crippen molar-refractivity contribution in [1.82, 2.24) is 0 Å². The van der Waals surface area contributed by atoms with Crippen LogP contribution in [0.4, 0.5) is 11.4 Å². The Balaban J connectivity index is 1.84. The van der Waals surface area contributed by atoms with Crippen LogP contribution in [0.15, 0.2) is 77.7 Å². The van der Waals surface area contributed by atoms with Gasteiger partial charge in [-0.15, -0.1) is 0 Å². The number of amides is 1. The zero-order chi connectivity index (χ0) is 20.1. The molecule has 0 heterocycles. The van der Waals surface area contributed by atoms with E-state index in [0.717, 1.165) is 11.1 Å². The molecule has 0 spiro atoms. The highest BCUT2D eigenvalue weighted by atomic mass is 32.2. The van der Waals surface area contributed by atoms with Gasteiger partial charge in [0.15, 0.2) is 0 Å². The fourth-order valence-electron chi connectivity index (χ4n) is 2.86. The van der Waals surface area contributed by atoms with Crippen LogP contribution in [0.5, 0.6) is 0 Å². The number of sulfonamides is 1. The third-order valence-electron chi connectivity index (χ3n) is 4.33. The number of aryl methyl sites for hydroxylation is 2. The Morgan fingerprint density at radius 1 is 0.929 bits per heavy atom. The zero-order valence-corrected chi connectivity index (χ0v) is 16.6. The van der Waals surface area contributed by atoms with Crippen LogP contribution in [0.25, 0.3) is 0 Å². The Kier molecular flexibility index (Phi) is 5.80. The molecule has 0 aliphatic rings. The van der Waals surface area contributed by atoms with Gasteiger partial charge in [-0.25, -0.2) is 8.42 Å². The van der Waals surface area contributed by atoms with Crippen molar-refractivity contribution in [1.29, 1.82) is 0 Å².